The first-order valence-corrected chi connectivity index (χ1v) is 18.6. The van der Waals surface area contributed by atoms with Crippen LogP contribution in [0, 0.1) is 0 Å². The zero-order valence-electron chi connectivity index (χ0n) is 28.0. The highest BCUT2D eigenvalue weighted by Crippen LogP contribution is 2.42. The van der Waals surface area contributed by atoms with Crippen molar-refractivity contribution in [1.29, 1.82) is 0 Å². The van der Waals surface area contributed by atoms with Crippen LogP contribution < -0.4 is 0 Å². The Hall–Kier alpha value is -6.62. The van der Waals surface area contributed by atoms with Gasteiger partial charge in [-0.25, -0.2) is 0 Å². The van der Waals surface area contributed by atoms with Gasteiger partial charge in [-0.3, -0.25) is 0 Å². The van der Waals surface area contributed by atoms with E-state index in [1.165, 1.54) is 97.0 Å². The Morgan fingerprint density at radius 3 is 1.29 bits per heavy atom. The van der Waals surface area contributed by atoms with Crippen molar-refractivity contribution >= 4 is 96.9 Å². The third-order valence-corrected chi connectivity index (χ3v) is 12.2. The molecule has 8 aromatic carbocycles. The average molecular weight is 680 g/mol. The quantitative estimate of drug-likeness (QED) is 0.177. The van der Waals surface area contributed by atoms with E-state index < -0.39 is 0 Å². The van der Waals surface area contributed by atoms with Crippen molar-refractivity contribution in [1.82, 2.24) is 13.7 Å². The third-order valence-electron chi connectivity index (χ3n) is 11.0. The van der Waals surface area contributed by atoms with Crippen molar-refractivity contribution in [2.24, 2.45) is 0 Å². The van der Waals surface area contributed by atoms with Gasteiger partial charge in [-0.05, 0) is 84.9 Å². The molecule has 4 heteroatoms. The van der Waals surface area contributed by atoms with Gasteiger partial charge in [-0.1, -0.05) is 91.0 Å². The molecule has 0 fully saturated rings. The minimum atomic E-state index is 1.16. The summed E-state index contributed by atoms with van der Waals surface area (Å²) in [5.74, 6) is 0. The standard InChI is InChI=1S/C48H29N3S/c1-2-12-30(13-3-1)49-41-18-8-4-14-33(41)37-26-31(22-24-44(37)49)50-42-19-9-5-15-34(42)38-29-46-39(28-45(38)50)35-16-6-10-20-43(35)51(46)32-23-25-48-40(27-32)36-17-7-11-21-47(36)52-48/h1-29H. The van der Waals surface area contributed by atoms with Gasteiger partial charge in [0.25, 0.3) is 0 Å². The molecule has 0 aliphatic heterocycles. The van der Waals surface area contributed by atoms with Crippen LogP contribution in [0.1, 0.15) is 0 Å². The Kier molecular flexibility index (Phi) is 5.65. The molecule has 0 atom stereocenters. The number of fused-ring (bicyclic) bond motifs is 12. The Bertz CT molecular complexity index is 3410. The molecule has 0 spiro atoms. The van der Waals surface area contributed by atoms with Gasteiger partial charge < -0.3 is 13.7 Å². The lowest BCUT2D eigenvalue weighted by atomic mass is 10.1. The fourth-order valence-electron chi connectivity index (χ4n) is 8.80. The van der Waals surface area contributed by atoms with Crippen LogP contribution in [0.3, 0.4) is 0 Å². The number of thiophene rings is 1. The molecule has 0 radical (unpaired) electrons. The van der Waals surface area contributed by atoms with Crippen LogP contribution in [0.25, 0.3) is 103 Å². The van der Waals surface area contributed by atoms with Gasteiger partial charge in [0.2, 0.25) is 0 Å². The topological polar surface area (TPSA) is 14.8 Å². The Labute approximate surface area is 302 Å². The second kappa shape index (κ2) is 10.5. The predicted octanol–water partition coefficient (Wildman–Crippen LogP) is 13.3. The van der Waals surface area contributed by atoms with Crippen molar-refractivity contribution in [3.8, 4) is 17.1 Å². The highest BCUT2D eigenvalue weighted by Gasteiger charge is 2.20. The van der Waals surface area contributed by atoms with Crippen molar-refractivity contribution in [2.75, 3.05) is 0 Å². The first-order valence-electron chi connectivity index (χ1n) is 17.8. The fourth-order valence-corrected chi connectivity index (χ4v) is 9.88. The average Bonchev–Trinajstić information content (AvgIpc) is 3.93. The predicted molar refractivity (Wildman–Crippen MR) is 222 cm³/mol. The molecular weight excluding hydrogens is 651 g/mol. The first-order chi connectivity index (χ1) is 25.8. The van der Waals surface area contributed by atoms with Gasteiger partial charge in [0.15, 0.2) is 0 Å². The molecule has 52 heavy (non-hydrogen) atoms. The molecule has 0 unspecified atom stereocenters. The van der Waals surface area contributed by atoms with E-state index in [0.29, 0.717) is 0 Å². The number of benzene rings is 8. The molecular formula is C48H29N3S. The lowest BCUT2D eigenvalue weighted by molar-refractivity contribution is 1.16. The van der Waals surface area contributed by atoms with Crippen molar-refractivity contribution in [3.05, 3.63) is 176 Å². The van der Waals surface area contributed by atoms with E-state index in [1.54, 1.807) is 0 Å². The summed E-state index contributed by atoms with van der Waals surface area (Å²) in [7, 11) is 0. The highest BCUT2D eigenvalue weighted by atomic mass is 32.1. The molecule has 0 amide bonds. The zero-order valence-corrected chi connectivity index (χ0v) is 28.8. The molecule has 3 nitrogen and oxygen atoms in total. The van der Waals surface area contributed by atoms with Crippen molar-refractivity contribution in [3.63, 3.8) is 0 Å². The molecule has 0 aliphatic carbocycles. The number of nitrogens with zero attached hydrogens (tertiary/aromatic N) is 3. The number of aromatic nitrogens is 3. The van der Waals surface area contributed by atoms with Gasteiger partial charge >= 0.3 is 0 Å². The molecule has 4 heterocycles. The van der Waals surface area contributed by atoms with Crippen LogP contribution in [0.5, 0.6) is 0 Å². The summed E-state index contributed by atoms with van der Waals surface area (Å²) in [5.41, 5.74) is 10.8. The van der Waals surface area contributed by atoms with E-state index in [1.807, 2.05) is 11.3 Å². The summed E-state index contributed by atoms with van der Waals surface area (Å²) in [5, 5.41) is 10.1. The molecule has 242 valence electrons. The Morgan fingerprint density at radius 1 is 0.250 bits per heavy atom. The first kappa shape index (κ1) is 28.1. The number of para-hydroxylation sites is 4. The van der Waals surface area contributed by atoms with E-state index in [2.05, 4.69) is 190 Å². The molecule has 12 rings (SSSR count). The summed E-state index contributed by atoms with van der Waals surface area (Å²) in [4.78, 5) is 0. The van der Waals surface area contributed by atoms with Crippen LogP contribution in [0.2, 0.25) is 0 Å². The molecule has 0 saturated heterocycles. The second-order valence-corrected chi connectivity index (χ2v) is 14.8. The molecule has 0 bridgehead atoms. The third kappa shape index (κ3) is 3.79. The maximum atomic E-state index is 2.47. The Morgan fingerprint density at radius 2 is 0.673 bits per heavy atom. The van der Waals surface area contributed by atoms with Gasteiger partial charge in [0, 0.05) is 69.6 Å². The van der Waals surface area contributed by atoms with E-state index in [-0.39, 0.29) is 0 Å². The van der Waals surface area contributed by atoms with Crippen LogP contribution in [-0.2, 0) is 0 Å². The number of hydrogen-bond donors (Lipinski definition) is 0. The minimum Gasteiger partial charge on any atom is -0.309 e. The smallest absolute Gasteiger partial charge is 0.0548 e. The molecule has 0 aliphatic rings. The fraction of sp³-hybridized carbons (Fsp3) is 0. The second-order valence-electron chi connectivity index (χ2n) is 13.8. The van der Waals surface area contributed by atoms with Gasteiger partial charge in [0.05, 0.1) is 33.1 Å². The zero-order chi connectivity index (χ0) is 33.9. The largest absolute Gasteiger partial charge is 0.309 e. The van der Waals surface area contributed by atoms with Crippen LogP contribution in [0.15, 0.2) is 176 Å². The maximum absolute atomic E-state index is 2.47. The Balaban J connectivity index is 1.15. The monoisotopic (exact) mass is 679 g/mol. The van der Waals surface area contributed by atoms with Crippen molar-refractivity contribution in [2.45, 2.75) is 0 Å². The van der Waals surface area contributed by atoms with Crippen LogP contribution >= 0.6 is 11.3 Å². The van der Waals surface area contributed by atoms with E-state index in [4.69, 9.17) is 0 Å². The van der Waals surface area contributed by atoms with Gasteiger partial charge in [0.1, 0.15) is 0 Å². The van der Waals surface area contributed by atoms with Gasteiger partial charge in [-0.2, -0.15) is 0 Å². The van der Waals surface area contributed by atoms with E-state index in [0.717, 1.165) is 5.69 Å². The summed E-state index contributed by atoms with van der Waals surface area (Å²) in [6.45, 7) is 0. The molecule has 0 N–H and O–H groups in total. The van der Waals surface area contributed by atoms with Crippen LogP contribution in [0.4, 0.5) is 0 Å². The lowest BCUT2D eigenvalue weighted by Crippen LogP contribution is -1.96. The van der Waals surface area contributed by atoms with E-state index >= 15 is 0 Å². The summed E-state index contributed by atoms with van der Waals surface area (Å²) in [6.07, 6.45) is 0. The molecule has 0 saturated carbocycles. The lowest BCUT2D eigenvalue weighted by Gasteiger charge is -2.11. The van der Waals surface area contributed by atoms with Crippen molar-refractivity contribution < 1.29 is 0 Å². The SMILES string of the molecule is c1ccc(-n2c3ccccc3c3cc(-n4c5ccccc5c5cc6c(cc54)c4ccccc4n6-c4ccc5sc6ccccc6c5c4)ccc32)cc1. The minimum absolute atomic E-state index is 1.16. The van der Waals surface area contributed by atoms with Gasteiger partial charge in [-0.15, -0.1) is 11.3 Å². The molecule has 12 aromatic rings. The van der Waals surface area contributed by atoms with Crippen LogP contribution in [-0.4, -0.2) is 13.7 Å². The summed E-state index contributed by atoms with van der Waals surface area (Å²) in [6, 6.07) is 64.7. The maximum Gasteiger partial charge on any atom is 0.0548 e. The summed E-state index contributed by atoms with van der Waals surface area (Å²) < 4.78 is 9.96. The number of rotatable bonds is 3. The van der Waals surface area contributed by atoms with E-state index in [9.17, 15) is 0 Å². The summed E-state index contributed by atoms with van der Waals surface area (Å²) >= 11 is 1.87. The molecule has 4 aromatic heterocycles. The highest BCUT2D eigenvalue weighted by molar-refractivity contribution is 7.25. The number of hydrogen-bond acceptors (Lipinski definition) is 1. The normalized spacial score (nSPS) is 12.2.